The minimum atomic E-state index is 0. The van der Waals surface area contributed by atoms with Gasteiger partial charge in [0.1, 0.15) is 0 Å². The summed E-state index contributed by atoms with van der Waals surface area (Å²) in [6, 6.07) is 13.1. The predicted octanol–water partition coefficient (Wildman–Crippen LogP) is 3.52. The Morgan fingerprint density at radius 1 is 0.944 bits per heavy atom. The van der Waals surface area contributed by atoms with Crippen molar-refractivity contribution in [3.63, 3.8) is 0 Å². The predicted molar refractivity (Wildman–Crippen MR) is 153 cm³/mol. The van der Waals surface area contributed by atoms with Crippen LogP contribution >= 0.6 is 37.2 Å². The summed E-state index contributed by atoms with van der Waals surface area (Å²) in [6.45, 7) is 7.43. The minimum absolute atomic E-state index is 0. The number of rotatable bonds is 7. The Balaban J connectivity index is 0.00000152. The number of fused-ring (bicyclic) bond motifs is 2. The lowest BCUT2D eigenvalue weighted by molar-refractivity contribution is 0.0966. The Hall–Kier alpha value is -1.84. The lowest BCUT2D eigenvalue weighted by atomic mass is 9.97. The van der Waals surface area contributed by atoms with Crippen molar-refractivity contribution in [2.75, 3.05) is 53.4 Å². The SMILES string of the molecule is CN(C)Cc1cc2c(c(-c3cc4cc(CN5CCN(CCO)CC5)ccc4[nH]3)c1)C(=O)NC2.Cl.Cl.Cl. The van der Waals surface area contributed by atoms with Gasteiger partial charge >= 0.3 is 0 Å². The van der Waals surface area contributed by atoms with Gasteiger partial charge in [-0.1, -0.05) is 12.1 Å². The van der Waals surface area contributed by atoms with Crippen molar-refractivity contribution in [2.24, 2.45) is 0 Å². The molecule has 3 aromatic rings. The molecule has 1 saturated heterocycles. The number of hydrogen-bond donors (Lipinski definition) is 3. The molecule has 2 aliphatic rings. The number of nitrogens with one attached hydrogen (secondary N) is 2. The number of H-pyrrole nitrogens is 1. The zero-order valence-corrected chi connectivity index (χ0v) is 23.2. The fraction of sp³-hybridized carbons (Fsp3) is 0.423. The summed E-state index contributed by atoms with van der Waals surface area (Å²) < 4.78 is 0. The van der Waals surface area contributed by atoms with Crippen LogP contribution in [0.3, 0.4) is 0 Å². The summed E-state index contributed by atoms with van der Waals surface area (Å²) in [4.78, 5) is 23.1. The molecule has 7 nitrogen and oxygen atoms in total. The zero-order valence-electron chi connectivity index (χ0n) is 20.7. The Morgan fingerprint density at radius 3 is 2.36 bits per heavy atom. The average Bonchev–Trinajstić information content (AvgIpc) is 3.38. The number of hydrogen-bond acceptors (Lipinski definition) is 5. The number of aromatic amines is 1. The Labute approximate surface area is 231 Å². The van der Waals surface area contributed by atoms with E-state index in [1.54, 1.807) is 0 Å². The highest BCUT2D eigenvalue weighted by Gasteiger charge is 2.25. The smallest absolute Gasteiger partial charge is 0.252 e. The number of piperazine rings is 1. The van der Waals surface area contributed by atoms with Gasteiger partial charge < -0.3 is 20.3 Å². The molecule has 0 saturated carbocycles. The Morgan fingerprint density at radius 2 is 1.67 bits per heavy atom. The topological polar surface area (TPSA) is 74.8 Å². The van der Waals surface area contributed by atoms with E-state index < -0.39 is 0 Å². The highest BCUT2D eigenvalue weighted by molar-refractivity contribution is 6.05. The van der Waals surface area contributed by atoms with Crippen LogP contribution in [-0.4, -0.2) is 84.1 Å². The van der Waals surface area contributed by atoms with Crippen LogP contribution in [0.25, 0.3) is 22.2 Å². The minimum Gasteiger partial charge on any atom is -0.395 e. The molecule has 2 aliphatic heterocycles. The summed E-state index contributed by atoms with van der Waals surface area (Å²) in [6.07, 6.45) is 0. The van der Waals surface area contributed by atoms with Gasteiger partial charge in [0.05, 0.1) is 12.2 Å². The van der Waals surface area contributed by atoms with Crippen LogP contribution in [0, 0.1) is 0 Å². The summed E-state index contributed by atoms with van der Waals surface area (Å²) in [5, 5.41) is 13.3. The lowest BCUT2D eigenvalue weighted by Gasteiger charge is -2.34. The second kappa shape index (κ2) is 13.1. The van der Waals surface area contributed by atoms with Gasteiger partial charge in [0.25, 0.3) is 5.91 Å². The quantitative estimate of drug-likeness (QED) is 0.415. The maximum atomic E-state index is 12.6. The number of halogens is 3. The van der Waals surface area contributed by atoms with E-state index >= 15 is 0 Å². The van der Waals surface area contributed by atoms with Gasteiger partial charge in [-0.2, -0.15) is 0 Å². The molecule has 1 fully saturated rings. The molecule has 10 heteroatoms. The fourth-order valence-corrected chi connectivity index (χ4v) is 5.10. The van der Waals surface area contributed by atoms with Crippen LogP contribution in [0.15, 0.2) is 36.4 Å². The van der Waals surface area contributed by atoms with Crippen molar-refractivity contribution in [2.45, 2.75) is 19.6 Å². The molecule has 198 valence electrons. The molecule has 3 heterocycles. The maximum Gasteiger partial charge on any atom is 0.252 e. The highest BCUT2D eigenvalue weighted by atomic mass is 35.5. The Kier molecular flexibility index (Phi) is 11.1. The molecule has 0 unspecified atom stereocenters. The van der Waals surface area contributed by atoms with Gasteiger partial charge in [0.15, 0.2) is 0 Å². The van der Waals surface area contributed by atoms with Crippen molar-refractivity contribution in [1.29, 1.82) is 0 Å². The summed E-state index contributed by atoms with van der Waals surface area (Å²) >= 11 is 0. The molecular weight excluding hydrogens is 521 g/mol. The van der Waals surface area contributed by atoms with E-state index in [-0.39, 0.29) is 49.7 Å². The number of aliphatic hydroxyl groups is 1. The molecule has 0 spiro atoms. The summed E-state index contributed by atoms with van der Waals surface area (Å²) in [7, 11) is 4.13. The molecule has 0 radical (unpaired) electrons. The lowest BCUT2D eigenvalue weighted by Crippen LogP contribution is -2.46. The molecule has 0 atom stereocenters. The molecule has 2 aromatic carbocycles. The third kappa shape index (κ3) is 6.53. The van der Waals surface area contributed by atoms with E-state index in [0.717, 1.165) is 73.7 Å². The average molecular weight is 557 g/mol. The van der Waals surface area contributed by atoms with Crippen molar-refractivity contribution < 1.29 is 9.90 Å². The number of benzene rings is 2. The first kappa shape index (κ1) is 30.4. The van der Waals surface area contributed by atoms with Gasteiger partial charge in [-0.15, -0.1) is 37.2 Å². The van der Waals surface area contributed by atoms with Gasteiger partial charge in [0, 0.05) is 74.5 Å². The van der Waals surface area contributed by atoms with Crippen LogP contribution in [-0.2, 0) is 19.6 Å². The maximum absolute atomic E-state index is 12.6. The van der Waals surface area contributed by atoms with Crippen molar-refractivity contribution in [3.8, 4) is 11.3 Å². The van der Waals surface area contributed by atoms with E-state index in [1.165, 1.54) is 16.5 Å². The van der Waals surface area contributed by atoms with Crippen LogP contribution in [0.2, 0.25) is 0 Å². The highest BCUT2D eigenvalue weighted by Crippen LogP contribution is 2.33. The molecular formula is C26H36Cl3N5O2. The first-order valence-corrected chi connectivity index (χ1v) is 11.8. The third-order valence-electron chi connectivity index (χ3n) is 6.71. The molecule has 0 aliphatic carbocycles. The second-order valence-corrected chi connectivity index (χ2v) is 9.54. The molecule has 5 rings (SSSR count). The van der Waals surface area contributed by atoms with Gasteiger partial charge in [-0.3, -0.25) is 14.6 Å². The summed E-state index contributed by atoms with van der Waals surface area (Å²) in [5.41, 5.74) is 7.45. The van der Waals surface area contributed by atoms with Crippen LogP contribution in [0.1, 0.15) is 27.0 Å². The monoisotopic (exact) mass is 555 g/mol. The van der Waals surface area contributed by atoms with Crippen LogP contribution < -0.4 is 5.32 Å². The molecule has 3 N–H and O–H groups in total. The number of nitrogens with zero attached hydrogens (tertiary/aromatic N) is 3. The van der Waals surface area contributed by atoms with E-state index in [1.807, 2.05) is 0 Å². The van der Waals surface area contributed by atoms with Gasteiger partial charge in [-0.25, -0.2) is 0 Å². The van der Waals surface area contributed by atoms with E-state index in [9.17, 15) is 4.79 Å². The van der Waals surface area contributed by atoms with Gasteiger partial charge in [0.2, 0.25) is 0 Å². The van der Waals surface area contributed by atoms with E-state index in [0.29, 0.717) is 6.54 Å². The van der Waals surface area contributed by atoms with Crippen molar-refractivity contribution >= 4 is 54.0 Å². The van der Waals surface area contributed by atoms with E-state index in [4.69, 9.17) is 5.11 Å². The number of β-amino-alcohol motifs (C(OH)–C–C–N with tert-alkyl or cyclic N) is 1. The number of carbonyl (C=O) groups is 1. The van der Waals surface area contributed by atoms with Crippen LogP contribution in [0.5, 0.6) is 0 Å². The molecule has 0 bridgehead atoms. The molecule has 1 amide bonds. The zero-order chi connectivity index (χ0) is 22.9. The normalized spacial score (nSPS) is 15.7. The fourth-order valence-electron chi connectivity index (χ4n) is 5.10. The summed E-state index contributed by atoms with van der Waals surface area (Å²) in [5.74, 6) is 0.0103. The van der Waals surface area contributed by atoms with Crippen molar-refractivity contribution in [3.05, 3.63) is 58.7 Å². The van der Waals surface area contributed by atoms with Crippen molar-refractivity contribution in [1.82, 2.24) is 25.0 Å². The Bertz CT molecular complexity index is 1180. The first-order valence-electron chi connectivity index (χ1n) is 11.8. The third-order valence-corrected chi connectivity index (χ3v) is 6.71. The molecule has 1 aromatic heterocycles. The van der Waals surface area contributed by atoms with E-state index in [2.05, 4.69) is 75.5 Å². The number of aliphatic hydroxyl groups excluding tert-OH is 1. The van der Waals surface area contributed by atoms with Crippen LogP contribution in [0.4, 0.5) is 0 Å². The standard InChI is InChI=1S/C26H33N5O2.3ClH/c1-29(2)16-19-12-21-15-27-26(33)25(21)22(13-19)24-14-20-11-18(3-4-23(20)28-24)17-31-7-5-30(6-8-31)9-10-32;;;/h3-4,11-14,28,32H,5-10,15-17H2,1-2H3,(H,27,33);3*1H. The number of aromatic nitrogens is 1. The largest absolute Gasteiger partial charge is 0.395 e. The number of carbonyl (C=O) groups excluding carboxylic acids is 1. The number of amides is 1. The van der Waals surface area contributed by atoms with Gasteiger partial charge in [-0.05, 0) is 55.1 Å². The molecule has 36 heavy (non-hydrogen) atoms. The second-order valence-electron chi connectivity index (χ2n) is 9.54. The first-order chi connectivity index (χ1) is 16.0.